The summed E-state index contributed by atoms with van der Waals surface area (Å²) < 4.78 is 2.38. The van der Waals surface area contributed by atoms with Crippen molar-refractivity contribution in [3.05, 3.63) is 36.0 Å². The monoisotopic (exact) mass is 214 g/mol. The number of benzene rings is 1. The van der Waals surface area contributed by atoms with Gasteiger partial charge in [0.15, 0.2) is 0 Å². The number of rotatable bonds is 3. The van der Waals surface area contributed by atoms with E-state index in [0.717, 1.165) is 12.5 Å². The molecule has 1 saturated carbocycles. The van der Waals surface area contributed by atoms with Gasteiger partial charge in [0, 0.05) is 18.8 Å². The lowest BCUT2D eigenvalue weighted by molar-refractivity contribution is 0.643. The average molecular weight is 214 g/mol. The molecule has 2 heteroatoms. The molecule has 1 fully saturated rings. The highest BCUT2D eigenvalue weighted by Gasteiger charge is 2.22. The van der Waals surface area contributed by atoms with E-state index < -0.39 is 0 Å². The van der Waals surface area contributed by atoms with Crippen molar-refractivity contribution in [1.82, 2.24) is 4.57 Å². The molecular weight excluding hydrogens is 196 g/mol. The summed E-state index contributed by atoms with van der Waals surface area (Å²) in [5, 5.41) is 1.32. The SMILES string of the molecule is CC(N)c1cccc2ccn(CC3CC3)c12. The van der Waals surface area contributed by atoms with Crippen molar-refractivity contribution >= 4 is 10.9 Å². The van der Waals surface area contributed by atoms with Gasteiger partial charge in [-0.1, -0.05) is 18.2 Å². The first-order valence-corrected chi connectivity index (χ1v) is 6.09. The molecule has 1 aliphatic carbocycles. The van der Waals surface area contributed by atoms with Gasteiger partial charge >= 0.3 is 0 Å². The highest BCUT2D eigenvalue weighted by Crippen LogP contribution is 2.33. The highest BCUT2D eigenvalue weighted by molar-refractivity contribution is 5.83. The predicted octanol–water partition coefficient (Wildman–Crippen LogP) is 3.07. The molecule has 1 unspecified atom stereocenters. The van der Waals surface area contributed by atoms with Crippen LogP contribution in [0.5, 0.6) is 0 Å². The molecule has 1 heterocycles. The van der Waals surface area contributed by atoms with Gasteiger partial charge in [-0.2, -0.15) is 0 Å². The van der Waals surface area contributed by atoms with Gasteiger partial charge in [0.25, 0.3) is 0 Å². The molecule has 0 spiro atoms. The minimum Gasteiger partial charge on any atom is -0.347 e. The first kappa shape index (κ1) is 9.91. The molecular formula is C14H18N2. The van der Waals surface area contributed by atoms with Crippen LogP contribution in [0.2, 0.25) is 0 Å². The summed E-state index contributed by atoms with van der Waals surface area (Å²) >= 11 is 0. The Morgan fingerprint density at radius 1 is 1.38 bits per heavy atom. The molecule has 0 bridgehead atoms. The summed E-state index contributed by atoms with van der Waals surface area (Å²) in [6.07, 6.45) is 4.98. The lowest BCUT2D eigenvalue weighted by Gasteiger charge is -2.12. The summed E-state index contributed by atoms with van der Waals surface area (Å²) in [6, 6.07) is 8.73. The Kier molecular flexibility index (Phi) is 2.25. The van der Waals surface area contributed by atoms with Crippen LogP contribution in [0.4, 0.5) is 0 Å². The molecule has 2 nitrogen and oxygen atoms in total. The maximum atomic E-state index is 6.04. The van der Waals surface area contributed by atoms with Crippen LogP contribution in [0.15, 0.2) is 30.5 Å². The fourth-order valence-corrected chi connectivity index (χ4v) is 2.39. The fraction of sp³-hybridized carbons (Fsp3) is 0.429. The second kappa shape index (κ2) is 3.63. The van der Waals surface area contributed by atoms with E-state index in [0.29, 0.717) is 0 Å². The van der Waals surface area contributed by atoms with Crippen molar-refractivity contribution in [2.75, 3.05) is 0 Å². The van der Waals surface area contributed by atoms with E-state index in [1.807, 2.05) is 0 Å². The third kappa shape index (κ3) is 1.63. The van der Waals surface area contributed by atoms with Gasteiger partial charge in [-0.05, 0) is 42.7 Å². The van der Waals surface area contributed by atoms with Gasteiger partial charge < -0.3 is 10.3 Å². The van der Waals surface area contributed by atoms with Crippen molar-refractivity contribution < 1.29 is 0 Å². The fourth-order valence-electron chi connectivity index (χ4n) is 2.39. The quantitative estimate of drug-likeness (QED) is 0.836. The number of fused-ring (bicyclic) bond motifs is 1. The summed E-state index contributed by atoms with van der Waals surface area (Å²) in [4.78, 5) is 0. The maximum absolute atomic E-state index is 6.04. The molecule has 2 aromatic rings. The molecule has 1 atom stereocenters. The standard InChI is InChI=1S/C14H18N2/c1-10(15)13-4-2-3-12-7-8-16(14(12)13)9-11-5-6-11/h2-4,7-8,10-11H,5-6,9,15H2,1H3. The zero-order chi connectivity index (χ0) is 11.1. The Balaban J connectivity index is 2.13. The van der Waals surface area contributed by atoms with E-state index in [1.165, 1.54) is 29.3 Å². The number of hydrogen-bond donors (Lipinski definition) is 1. The topological polar surface area (TPSA) is 30.9 Å². The second-order valence-corrected chi connectivity index (χ2v) is 4.99. The highest BCUT2D eigenvalue weighted by atomic mass is 15.0. The van der Waals surface area contributed by atoms with E-state index in [2.05, 4.69) is 42.0 Å². The molecule has 0 aliphatic heterocycles. The number of nitrogens with two attached hydrogens (primary N) is 1. The van der Waals surface area contributed by atoms with Gasteiger partial charge in [-0.3, -0.25) is 0 Å². The Morgan fingerprint density at radius 2 is 2.19 bits per heavy atom. The van der Waals surface area contributed by atoms with Crippen molar-refractivity contribution in [2.45, 2.75) is 32.4 Å². The van der Waals surface area contributed by atoms with E-state index >= 15 is 0 Å². The third-order valence-corrected chi connectivity index (χ3v) is 3.46. The van der Waals surface area contributed by atoms with E-state index in [1.54, 1.807) is 0 Å². The van der Waals surface area contributed by atoms with E-state index in [9.17, 15) is 0 Å². The van der Waals surface area contributed by atoms with Crippen LogP contribution >= 0.6 is 0 Å². The largest absolute Gasteiger partial charge is 0.347 e. The number of hydrogen-bond acceptors (Lipinski definition) is 1. The summed E-state index contributed by atoms with van der Waals surface area (Å²) in [5.41, 5.74) is 8.65. The van der Waals surface area contributed by atoms with Crippen LogP contribution in [-0.4, -0.2) is 4.57 Å². The number of aromatic nitrogens is 1. The van der Waals surface area contributed by atoms with Crippen LogP contribution in [0, 0.1) is 5.92 Å². The van der Waals surface area contributed by atoms with E-state index in [-0.39, 0.29) is 6.04 Å². The first-order valence-electron chi connectivity index (χ1n) is 6.09. The van der Waals surface area contributed by atoms with Gasteiger partial charge in [-0.15, -0.1) is 0 Å². The normalized spacial score (nSPS) is 17.9. The maximum Gasteiger partial charge on any atom is 0.0528 e. The predicted molar refractivity (Wildman–Crippen MR) is 67.3 cm³/mol. The van der Waals surface area contributed by atoms with Gasteiger partial charge in [0.05, 0.1) is 5.52 Å². The van der Waals surface area contributed by atoms with Gasteiger partial charge in [0.2, 0.25) is 0 Å². The molecule has 0 saturated heterocycles. The minimum absolute atomic E-state index is 0.108. The smallest absolute Gasteiger partial charge is 0.0528 e. The molecule has 0 amide bonds. The molecule has 2 N–H and O–H groups in total. The Morgan fingerprint density at radius 3 is 2.88 bits per heavy atom. The molecule has 16 heavy (non-hydrogen) atoms. The van der Waals surface area contributed by atoms with Crippen molar-refractivity contribution in [1.29, 1.82) is 0 Å². The zero-order valence-corrected chi connectivity index (χ0v) is 9.69. The lowest BCUT2D eigenvalue weighted by atomic mass is 10.1. The molecule has 1 aromatic carbocycles. The van der Waals surface area contributed by atoms with Gasteiger partial charge in [-0.25, -0.2) is 0 Å². The Bertz CT molecular complexity index is 506. The summed E-state index contributed by atoms with van der Waals surface area (Å²) in [6.45, 7) is 3.22. The van der Waals surface area contributed by atoms with Crippen molar-refractivity contribution in [3.63, 3.8) is 0 Å². The molecule has 3 rings (SSSR count). The minimum atomic E-state index is 0.108. The van der Waals surface area contributed by atoms with Crippen molar-refractivity contribution in [3.8, 4) is 0 Å². The summed E-state index contributed by atoms with van der Waals surface area (Å²) in [5.74, 6) is 0.900. The van der Waals surface area contributed by atoms with Gasteiger partial charge in [0.1, 0.15) is 0 Å². The number of para-hydroxylation sites is 1. The number of nitrogens with zero attached hydrogens (tertiary/aromatic N) is 1. The second-order valence-electron chi connectivity index (χ2n) is 4.99. The average Bonchev–Trinajstić information content (AvgIpc) is 2.98. The van der Waals surface area contributed by atoms with Crippen LogP contribution in [0.3, 0.4) is 0 Å². The van der Waals surface area contributed by atoms with Crippen LogP contribution in [-0.2, 0) is 6.54 Å². The Hall–Kier alpha value is -1.28. The first-order chi connectivity index (χ1) is 7.75. The van der Waals surface area contributed by atoms with E-state index in [4.69, 9.17) is 5.73 Å². The van der Waals surface area contributed by atoms with Crippen LogP contribution in [0.1, 0.15) is 31.4 Å². The van der Waals surface area contributed by atoms with Crippen LogP contribution < -0.4 is 5.73 Å². The third-order valence-electron chi connectivity index (χ3n) is 3.46. The molecule has 1 aliphatic rings. The summed E-state index contributed by atoms with van der Waals surface area (Å²) in [7, 11) is 0. The zero-order valence-electron chi connectivity index (χ0n) is 9.69. The lowest BCUT2D eigenvalue weighted by Crippen LogP contribution is -2.08. The molecule has 84 valence electrons. The van der Waals surface area contributed by atoms with Crippen molar-refractivity contribution in [2.24, 2.45) is 11.7 Å². The molecule has 0 radical (unpaired) electrons. The molecule has 1 aromatic heterocycles. The van der Waals surface area contributed by atoms with Crippen LogP contribution in [0.25, 0.3) is 10.9 Å². The Labute approximate surface area is 96.1 Å².